The Hall–Kier alpha value is -1.46. The van der Waals surface area contributed by atoms with Gasteiger partial charge in [0, 0.05) is 57.3 Å². The number of likely N-dealkylation sites (N-methyl/N-ethyl adjacent to an activating group) is 1. The summed E-state index contributed by atoms with van der Waals surface area (Å²) in [7, 11) is 3.58. The van der Waals surface area contributed by atoms with E-state index in [1.807, 2.05) is 7.05 Å². The number of hydrogen-bond donors (Lipinski definition) is 0. The van der Waals surface area contributed by atoms with Crippen molar-refractivity contribution in [1.82, 2.24) is 14.8 Å². The number of amides is 1. The number of carbonyl (C=O) groups is 1. The minimum Gasteiger partial charge on any atom is -0.378 e. The molecule has 1 amide bonds. The molecular formula is C18H26N3O2. The molecule has 0 N–H and O–H groups in total. The Labute approximate surface area is 138 Å². The van der Waals surface area contributed by atoms with Crippen LogP contribution in [0, 0.1) is 6.42 Å². The van der Waals surface area contributed by atoms with Gasteiger partial charge in [-0.3, -0.25) is 14.7 Å². The van der Waals surface area contributed by atoms with E-state index >= 15 is 0 Å². The highest BCUT2D eigenvalue weighted by atomic mass is 16.5. The van der Waals surface area contributed by atoms with E-state index in [1.165, 1.54) is 25.7 Å². The average Bonchev–Trinajstić information content (AvgIpc) is 2.81. The highest BCUT2D eigenvalue weighted by Crippen LogP contribution is 2.35. The van der Waals surface area contributed by atoms with Crippen LogP contribution in [0.15, 0.2) is 24.5 Å². The van der Waals surface area contributed by atoms with Crippen molar-refractivity contribution >= 4 is 5.91 Å². The number of fused-ring (bicyclic) bond motifs is 2. The molecule has 125 valence electrons. The maximum absolute atomic E-state index is 12.5. The molecule has 2 saturated heterocycles. The zero-order valence-corrected chi connectivity index (χ0v) is 14.0. The number of hydrogen-bond acceptors (Lipinski definition) is 4. The Balaban J connectivity index is 1.57. The second-order valence-electron chi connectivity index (χ2n) is 6.62. The van der Waals surface area contributed by atoms with Gasteiger partial charge < -0.3 is 9.64 Å². The van der Waals surface area contributed by atoms with Crippen LogP contribution in [-0.4, -0.2) is 66.1 Å². The molecule has 1 aromatic rings. The summed E-state index contributed by atoms with van der Waals surface area (Å²) in [5.74, 6) is 0.0180. The second-order valence-corrected chi connectivity index (χ2v) is 6.62. The molecule has 3 atom stereocenters. The van der Waals surface area contributed by atoms with Crippen molar-refractivity contribution in [2.45, 2.75) is 43.9 Å². The van der Waals surface area contributed by atoms with Crippen LogP contribution in [0.3, 0.4) is 0 Å². The fourth-order valence-corrected chi connectivity index (χ4v) is 3.85. The van der Waals surface area contributed by atoms with E-state index in [0.717, 1.165) is 6.54 Å². The van der Waals surface area contributed by atoms with E-state index in [2.05, 4.69) is 16.3 Å². The van der Waals surface area contributed by atoms with E-state index in [4.69, 9.17) is 4.74 Å². The molecule has 0 saturated carbocycles. The molecule has 5 heteroatoms. The number of piperidine rings is 1. The molecule has 23 heavy (non-hydrogen) atoms. The molecule has 2 aliphatic rings. The van der Waals surface area contributed by atoms with Crippen molar-refractivity contribution in [3.63, 3.8) is 0 Å². The Kier molecular flexibility index (Phi) is 5.28. The van der Waals surface area contributed by atoms with Gasteiger partial charge in [-0.05, 0) is 44.2 Å². The monoisotopic (exact) mass is 316 g/mol. The first-order valence-corrected chi connectivity index (χ1v) is 8.44. The third kappa shape index (κ3) is 3.72. The number of pyridine rings is 1. The lowest BCUT2D eigenvalue weighted by Crippen LogP contribution is -2.48. The fraction of sp³-hybridized carbons (Fsp3) is 0.611. The number of carbonyl (C=O) groups excluding carboxylic acids is 1. The Bertz CT molecular complexity index is 506. The molecule has 1 unspecified atom stereocenters. The van der Waals surface area contributed by atoms with Crippen molar-refractivity contribution < 1.29 is 9.53 Å². The Morgan fingerprint density at radius 2 is 2.00 bits per heavy atom. The fourth-order valence-electron chi connectivity index (χ4n) is 3.85. The van der Waals surface area contributed by atoms with E-state index in [-0.39, 0.29) is 12.0 Å². The van der Waals surface area contributed by atoms with E-state index in [9.17, 15) is 4.79 Å². The van der Waals surface area contributed by atoms with Crippen LogP contribution >= 0.6 is 0 Å². The normalized spacial score (nSPS) is 25.3. The number of rotatable bonds is 6. The highest BCUT2D eigenvalue weighted by molar-refractivity contribution is 5.93. The average molecular weight is 316 g/mol. The molecule has 0 aromatic carbocycles. The molecule has 2 bridgehead atoms. The first-order valence-electron chi connectivity index (χ1n) is 8.44. The molecule has 2 aliphatic heterocycles. The van der Waals surface area contributed by atoms with Gasteiger partial charge in [-0.25, -0.2) is 0 Å². The lowest BCUT2D eigenvalue weighted by molar-refractivity contribution is 0.0202. The molecule has 5 nitrogen and oxygen atoms in total. The van der Waals surface area contributed by atoms with Crippen molar-refractivity contribution in [2.24, 2.45) is 0 Å². The smallest absolute Gasteiger partial charge is 0.253 e. The maximum atomic E-state index is 12.5. The first kappa shape index (κ1) is 16.4. The number of nitrogens with zero attached hydrogens (tertiary/aromatic N) is 3. The Morgan fingerprint density at radius 1 is 1.35 bits per heavy atom. The van der Waals surface area contributed by atoms with Crippen LogP contribution < -0.4 is 0 Å². The van der Waals surface area contributed by atoms with Crippen LogP contribution in [0.25, 0.3) is 0 Å². The predicted molar refractivity (Wildman–Crippen MR) is 89.0 cm³/mol. The lowest BCUT2D eigenvalue weighted by atomic mass is 10.0. The van der Waals surface area contributed by atoms with Crippen LogP contribution in [0.4, 0.5) is 0 Å². The maximum Gasteiger partial charge on any atom is 0.253 e. The molecule has 3 rings (SSSR count). The van der Waals surface area contributed by atoms with Crippen LogP contribution in [-0.2, 0) is 4.74 Å². The summed E-state index contributed by atoms with van der Waals surface area (Å²) in [5, 5.41) is 0. The quantitative estimate of drug-likeness (QED) is 0.805. The minimum atomic E-state index is 0.0180. The highest BCUT2D eigenvalue weighted by Gasteiger charge is 2.37. The number of aromatic nitrogens is 1. The third-order valence-corrected chi connectivity index (χ3v) is 5.15. The summed E-state index contributed by atoms with van der Waals surface area (Å²) < 4.78 is 5.68. The molecule has 3 heterocycles. The Morgan fingerprint density at radius 3 is 2.61 bits per heavy atom. The zero-order chi connectivity index (χ0) is 16.2. The molecule has 1 aromatic heterocycles. The van der Waals surface area contributed by atoms with Gasteiger partial charge in [-0.15, -0.1) is 0 Å². The van der Waals surface area contributed by atoms with Gasteiger partial charge in [0.15, 0.2) is 0 Å². The van der Waals surface area contributed by atoms with Crippen LogP contribution in [0.1, 0.15) is 36.0 Å². The second kappa shape index (κ2) is 7.41. The van der Waals surface area contributed by atoms with Gasteiger partial charge in [0.1, 0.15) is 0 Å². The molecule has 0 aliphatic carbocycles. The van der Waals surface area contributed by atoms with E-state index in [1.54, 1.807) is 36.5 Å². The topological polar surface area (TPSA) is 45.7 Å². The summed E-state index contributed by atoms with van der Waals surface area (Å²) >= 11 is 0. The molecule has 2 fully saturated rings. The minimum absolute atomic E-state index is 0.0180. The van der Waals surface area contributed by atoms with Gasteiger partial charge in [-0.1, -0.05) is 0 Å². The molecule has 1 radical (unpaired) electrons. The standard InChI is InChI=1S/C18H26N3O2/c1-20(18(22)14-8-10-19-11-9-14)12-17(23-2)13-21-15-4-3-5-16(21)7-6-15/h3,8-11,15-17H,4-7,12-13H2,1-2H3/t15-,16+,17?. The van der Waals surface area contributed by atoms with Gasteiger partial charge in [0.05, 0.1) is 6.10 Å². The summed E-state index contributed by atoms with van der Waals surface area (Å²) in [6.07, 6.45) is 10.8. The number of ether oxygens (including phenoxy) is 1. The lowest BCUT2D eigenvalue weighted by Gasteiger charge is -2.37. The van der Waals surface area contributed by atoms with Crippen molar-refractivity contribution in [1.29, 1.82) is 0 Å². The summed E-state index contributed by atoms with van der Waals surface area (Å²) in [6, 6.07) is 4.85. The van der Waals surface area contributed by atoms with Crippen LogP contribution in [0.5, 0.6) is 0 Å². The van der Waals surface area contributed by atoms with Gasteiger partial charge in [0.2, 0.25) is 0 Å². The van der Waals surface area contributed by atoms with Gasteiger partial charge in [0.25, 0.3) is 5.91 Å². The molecular weight excluding hydrogens is 290 g/mol. The van der Waals surface area contributed by atoms with E-state index < -0.39 is 0 Å². The number of methoxy groups -OCH3 is 1. The van der Waals surface area contributed by atoms with Crippen molar-refractivity contribution in [3.8, 4) is 0 Å². The SMILES string of the molecule is COC(CN(C)C(=O)c1ccncc1)CN1[C@@H]2C[CH]C[C@H]1CC2. The van der Waals surface area contributed by atoms with Crippen LogP contribution in [0.2, 0.25) is 0 Å². The largest absolute Gasteiger partial charge is 0.378 e. The zero-order valence-electron chi connectivity index (χ0n) is 14.0. The first-order chi connectivity index (χ1) is 11.2. The summed E-state index contributed by atoms with van der Waals surface area (Å²) in [5.41, 5.74) is 0.671. The van der Waals surface area contributed by atoms with E-state index in [0.29, 0.717) is 24.2 Å². The summed E-state index contributed by atoms with van der Waals surface area (Å²) in [4.78, 5) is 20.8. The molecule has 0 spiro atoms. The van der Waals surface area contributed by atoms with Gasteiger partial charge >= 0.3 is 0 Å². The van der Waals surface area contributed by atoms with Crippen molar-refractivity contribution in [2.75, 3.05) is 27.2 Å². The third-order valence-electron chi connectivity index (χ3n) is 5.15. The van der Waals surface area contributed by atoms with Gasteiger partial charge in [-0.2, -0.15) is 0 Å². The predicted octanol–water partition coefficient (Wildman–Crippen LogP) is 2.00. The summed E-state index contributed by atoms with van der Waals surface area (Å²) in [6.45, 7) is 1.52. The van der Waals surface area contributed by atoms with Crippen molar-refractivity contribution in [3.05, 3.63) is 36.5 Å².